The van der Waals surface area contributed by atoms with Gasteiger partial charge in [-0.1, -0.05) is 32.0 Å². The fourth-order valence-corrected chi connectivity index (χ4v) is 3.59. The SMILES string of the molecule is CCC(Oc1ccc(-c2noc(C(C)C)n2)cc1)c1nc(-c2ccc(SC)c(F)c2)co1. The van der Waals surface area contributed by atoms with Gasteiger partial charge in [0.2, 0.25) is 17.6 Å². The summed E-state index contributed by atoms with van der Waals surface area (Å²) in [7, 11) is 0. The second kappa shape index (κ2) is 9.56. The maximum absolute atomic E-state index is 14.1. The predicted molar refractivity (Wildman–Crippen MR) is 121 cm³/mol. The van der Waals surface area contributed by atoms with Gasteiger partial charge in [0.25, 0.3) is 0 Å². The molecule has 166 valence electrons. The monoisotopic (exact) mass is 453 g/mol. The Morgan fingerprint density at radius 3 is 2.41 bits per heavy atom. The zero-order valence-corrected chi connectivity index (χ0v) is 19.1. The molecular weight excluding hydrogens is 429 g/mol. The van der Waals surface area contributed by atoms with Crippen LogP contribution in [0.4, 0.5) is 4.39 Å². The maximum atomic E-state index is 14.1. The fourth-order valence-electron chi connectivity index (χ4n) is 3.14. The topological polar surface area (TPSA) is 74.2 Å². The van der Waals surface area contributed by atoms with E-state index in [9.17, 15) is 4.39 Å². The molecule has 0 saturated carbocycles. The zero-order chi connectivity index (χ0) is 22.7. The number of aromatic nitrogens is 3. The van der Waals surface area contributed by atoms with E-state index in [1.807, 2.05) is 57.4 Å². The first-order valence-electron chi connectivity index (χ1n) is 10.4. The summed E-state index contributed by atoms with van der Waals surface area (Å²) < 4.78 is 31.2. The summed E-state index contributed by atoms with van der Waals surface area (Å²) in [6.45, 7) is 5.99. The van der Waals surface area contributed by atoms with Crippen molar-refractivity contribution in [1.82, 2.24) is 15.1 Å². The number of hydrogen-bond donors (Lipinski definition) is 0. The van der Waals surface area contributed by atoms with Crippen molar-refractivity contribution in [2.75, 3.05) is 6.26 Å². The molecule has 4 aromatic rings. The first-order valence-corrected chi connectivity index (χ1v) is 11.6. The molecular formula is C24H24FN3O3S. The van der Waals surface area contributed by atoms with Crippen LogP contribution in [0.2, 0.25) is 0 Å². The van der Waals surface area contributed by atoms with Gasteiger partial charge < -0.3 is 13.7 Å². The number of nitrogens with zero attached hydrogens (tertiary/aromatic N) is 3. The molecule has 0 radical (unpaired) electrons. The van der Waals surface area contributed by atoms with Crippen LogP contribution in [0.5, 0.6) is 5.75 Å². The van der Waals surface area contributed by atoms with Crippen molar-refractivity contribution >= 4 is 11.8 Å². The van der Waals surface area contributed by atoms with Crippen molar-refractivity contribution in [2.24, 2.45) is 0 Å². The van der Waals surface area contributed by atoms with E-state index in [-0.39, 0.29) is 17.8 Å². The Balaban J connectivity index is 1.48. The predicted octanol–water partition coefficient (Wildman–Crippen LogP) is 6.91. The van der Waals surface area contributed by atoms with Crippen LogP contribution >= 0.6 is 11.8 Å². The Morgan fingerprint density at radius 2 is 1.78 bits per heavy atom. The molecule has 0 N–H and O–H groups in total. The average molecular weight is 454 g/mol. The van der Waals surface area contributed by atoms with Gasteiger partial charge in [-0.05, 0) is 49.1 Å². The van der Waals surface area contributed by atoms with Gasteiger partial charge in [-0.3, -0.25) is 0 Å². The van der Waals surface area contributed by atoms with Crippen LogP contribution in [-0.4, -0.2) is 21.4 Å². The molecule has 2 aromatic carbocycles. The molecule has 0 aliphatic carbocycles. The van der Waals surface area contributed by atoms with Crippen molar-refractivity contribution in [3.63, 3.8) is 0 Å². The normalized spacial score (nSPS) is 12.3. The summed E-state index contributed by atoms with van der Waals surface area (Å²) in [5, 5.41) is 4.03. The van der Waals surface area contributed by atoms with Crippen LogP contribution in [-0.2, 0) is 0 Å². The number of thioether (sulfide) groups is 1. The molecule has 2 aromatic heterocycles. The fraction of sp³-hybridized carbons (Fsp3) is 0.292. The minimum Gasteiger partial charge on any atom is -0.481 e. The minimum atomic E-state index is -0.373. The molecule has 4 rings (SSSR count). The largest absolute Gasteiger partial charge is 0.481 e. The van der Waals surface area contributed by atoms with E-state index in [0.29, 0.717) is 45.9 Å². The Kier molecular flexibility index (Phi) is 6.60. The highest BCUT2D eigenvalue weighted by atomic mass is 32.2. The van der Waals surface area contributed by atoms with Crippen LogP contribution in [0.25, 0.3) is 22.6 Å². The number of ether oxygens (including phenoxy) is 1. The smallest absolute Gasteiger partial charge is 0.236 e. The molecule has 1 atom stereocenters. The Labute approximate surface area is 190 Å². The number of halogens is 1. The van der Waals surface area contributed by atoms with Crippen molar-refractivity contribution in [3.8, 4) is 28.4 Å². The van der Waals surface area contributed by atoms with Crippen molar-refractivity contribution in [3.05, 3.63) is 66.3 Å². The summed E-state index contributed by atoms with van der Waals surface area (Å²) in [5.74, 6) is 2.17. The lowest BCUT2D eigenvalue weighted by atomic mass is 10.1. The second-order valence-electron chi connectivity index (χ2n) is 7.57. The second-order valence-corrected chi connectivity index (χ2v) is 8.42. The summed E-state index contributed by atoms with van der Waals surface area (Å²) in [4.78, 5) is 9.54. The van der Waals surface area contributed by atoms with Gasteiger partial charge >= 0.3 is 0 Å². The highest BCUT2D eigenvalue weighted by Gasteiger charge is 2.19. The van der Waals surface area contributed by atoms with Gasteiger partial charge in [-0.25, -0.2) is 9.37 Å². The van der Waals surface area contributed by atoms with E-state index < -0.39 is 0 Å². The van der Waals surface area contributed by atoms with E-state index in [4.69, 9.17) is 13.7 Å². The molecule has 0 aliphatic rings. The van der Waals surface area contributed by atoms with E-state index >= 15 is 0 Å². The molecule has 8 heteroatoms. The van der Waals surface area contributed by atoms with E-state index in [2.05, 4.69) is 15.1 Å². The van der Waals surface area contributed by atoms with E-state index in [0.717, 1.165) is 5.56 Å². The van der Waals surface area contributed by atoms with Gasteiger partial charge in [0.1, 0.15) is 23.5 Å². The average Bonchev–Trinajstić information content (AvgIpc) is 3.48. The molecule has 2 heterocycles. The van der Waals surface area contributed by atoms with Crippen LogP contribution < -0.4 is 4.74 Å². The Bertz CT molecular complexity index is 1190. The third kappa shape index (κ3) is 4.70. The van der Waals surface area contributed by atoms with Crippen LogP contribution in [0.1, 0.15) is 51.0 Å². The van der Waals surface area contributed by atoms with Crippen molar-refractivity contribution in [1.29, 1.82) is 0 Å². The summed E-state index contributed by atoms with van der Waals surface area (Å²) in [6.07, 6.45) is 3.65. The molecule has 0 amide bonds. The standard InChI is InChI=1S/C24H24FN3O3S/c1-5-20(24-26-19(13-29-24)16-8-11-21(32-4)18(25)12-16)30-17-9-6-15(7-10-17)22-27-23(14(2)3)31-28-22/h6-14,20H,5H2,1-4H3. The van der Waals surface area contributed by atoms with Gasteiger partial charge in [0.05, 0.1) is 0 Å². The van der Waals surface area contributed by atoms with Gasteiger partial charge in [-0.2, -0.15) is 4.98 Å². The summed E-state index contributed by atoms with van der Waals surface area (Å²) in [5.41, 5.74) is 2.08. The van der Waals surface area contributed by atoms with Gasteiger partial charge in [0.15, 0.2) is 6.10 Å². The molecule has 0 aliphatic heterocycles. The molecule has 0 spiro atoms. The highest BCUT2D eigenvalue weighted by molar-refractivity contribution is 7.98. The van der Waals surface area contributed by atoms with Crippen LogP contribution in [0, 0.1) is 5.82 Å². The lowest BCUT2D eigenvalue weighted by Crippen LogP contribution is -2.06. The zero-order valence-electron chi connectivity index (χ0n) is 18.3. The number of benzene rings is 2. The molecule has 0 saturated heterocycles. The minimum absolute atomic E-state index is 0.176. The third-order valence-electron chi connectivity index (χ3n) is 4.94. The Morgan fingerprint density at radius 1 is 1.03 bits per heavy atom. The number of rotatable bonds is 8. The van der Waals surface area contributed by atoms with Crippen LogP contribution in [0.3, 0.4) is 0 Å². The van der Waals surface area contributed by atoms with E-state index in [1.165, 1.54) is 24.1 Å². The third-order valence-corrected chi connectivity index (χ3v) is 5.71. The lowest BCUT2D eigenvalue weighted by molar-refractivity contribution is 0.165. The number of hydrogen-bond acceptors (Lipinski definition) is 7. The number of oxazole rings is 1. The quantitative estimate of drug-likeness (QED) is 0.268. The Hall–Kier alpha value is -3.13. The molecule has 1 unspecified atom stereocenters. The summed E-state index contributed by atoms with van der Waals surface area (Å²) in [6, 6.07) is 12.5. The first-order chi connectivity index (χ1) is 15.5. The molecule has 0 fully saturated rings. The van der Waals surface area contributed by atoms with Crippen LogP contribution in [0.15, 0.2) is 62.6 Å². The first kappa shape index (κ1) is 22.1. The van der Waals surface area contributed by atoms with E-state index in [1.54, 1.807) is 6.07 Å². The molecule has 0 bridgehead atoms. The van der Waals surface area contributed by atoms with Crippen molar-refractivity contribution < 1.29 is 18.1 Å². The maximum Gasteiger partial charge on any atom is 0.236 e. The molecule has 6 nitrogen and oxygen atoms in total. The van der Waals surface area contributed by atoms with Crippen molar-refractivity contribution in [2.45, 2.75) is 44.1 Å². The van der Waals surface area contributed by atoms with Gasteiger partial charge in [-0.15, -0.1) is 11.8 Å². The summed E-state index contributed by atoms with van der Waals surface area (Å²) >= 11 is 1.36. The molecule has 32 heavy (non-hydrogen) atoms. The lowest BCUT2D eigenvalue weighted by Gasteiger charge is -2.14. The highest BCUT2D eigenvalue weighted by Crippen LogP contribution is 2.30. The van der Waals surface area contributed by atoms with Gasteiger partial charge in [0, 0.05) is 21.9 Å².